The molecule has 0 bridgehead atoms. The van der Waals surface area contributed by atoms with Gasteiger partial charge in [0.2, 0.25) is 0 Å². The van der Waals surface area contributed by atoms with Crippen LogP contribution in [0.3, 0.4) is 0 Å². The molecule has 8 nitrogen and oxygen atoms in total. The summed E-state index contributed by atoms with van der Waals surface area (Å²) in [7, 11) is 1.61. The number of esters is 1. The van der Waals surface area contributed by atoms with Gasteiger partial charge in [-0.05, 0) is 55.0 Å². The Bertz CT molecular complexity index is 1490. The fourth-order valence-electron chi connectivity index (χ4n) is 5.23. The summed E-state index contributed by atoms with van der Waals surface area (Å²) in [5.41, 5.74) is 3.82. The number of methoxy groups -OCH3 is 1. The van der Waals surface area contributed by atoms with Gasteiger partial charge in [-0.3, -0.25) is 0 Å². The Kier molecular flexibility index (Phi) is 8.98. The second-order valence-corrected chi connectivity index (χ2v) is 10.3. The normalized spacial score (nSPS) is 16.5. The number of carbonyl (C=O) groups is 2. The Morgan fingerprint density at radius 2 is 1.68 bits per heavy atom. The van der Waals surface area contributed by atoms with Gasteiger partial charge in [0, 0.05) is 30.5 Å². The fraction of sp³-hybridized carbons (Fsp3) is 0.303. The first kappa shape index (κ1) is 28.0. The predicted octanol–water partition coefficient (Wildman–Crippen LogP) is 6.56. The number of aryl methyl sites for hydroxylation is 1. The van der Waals surface area contributed by atoms with Gasteiger partial charge in [-0.2, -0.15) is 0 Å². The summed E-state index contributed by atoms with van der Waals surface area (Å²) >= 11 is 0. The van der Waals surface area contributed by atoms with Crippen molar-refractivity contribution >= 4 is 28.8 Å². The lowest BCUT2D eigenvalue weighted by Gasteiger charge is -2.30. The van der Waals surface area contributed by atoms with Gasteiger partial charge in [0.15, 0.2) is 0 Å². The lowest BCUT2D eigenvalue weighted by atomic mass is 9.92. The van der Waals surface area contributed by atoms with E-state index >= 15 is 0 Å². The van der Waals surface area contributed by atoms with Crippen LogP contribution in [0.1, 0.15) is 52.7 Å². The van der Waals surface area contributed by atoms with Crippen molar-refractivity contribution < 1.29 is 23.8 Å². The fourth-order valence-corrected chi connectivity index (χ4v) is 5.23. The van der Waals surface area contributed by atoms with Crippen LogP contribution < -0.4 is 15.4 Å². The van der Waals surface area contributed by atoms with Crippen molar-refractivity contribution in [1.29, 1.82) is 0 Å². The molecule has 1 aromatic heterocycles. The van der Waals surface area contributed by atoms with Crippen LogP contribution in [0.25, 0.3) is 10.9 Å². The Labute approximate surface area is 240 Å². The molecule has 1 saturated carbocycles. The molecular weight excluding hydrogens is 518 g/mol. The lowest BCUT2D eigenvalue weighted by molar-refractivity contribution is 0.0472. The number of fused-ring (bicyclic) bond motifs is 1. The number of benzene rings is 3. The molecule has 1 heterocycles. The number of nitrogens with zero attached hydrogens (tertiary/aromatic N) is 1. The van der Waals surface area contributed by atoms with Gasteiger partial charge in [0.1, 0.15) is 29.8 Å². The molecule has 41 heavy (non-hydrogen) atoms. The highest BCUT2D eigenvalue weighted by atomic mass is 16.6. The second-order valence-electron chi connectivity index (χ2n) is 10.3. The maximum atomic E-state index is 13.5. The van der Waals surface area contributed by atoms with Crippen LogP contribution in [0.4, 0.5) is 10.6 Å². The molecule has 0 spiro atoms. The number of aromatic nitrogens is 1. The van der Waals surface area contributed by atoms with Gasteiger partial charge < -0.3 is 24.8 Å². The van der Waals surface area contributed by atoms with Gasteiger partial charge in [0.05, 0.1) is 12.6 Å². The number of hydrogen-bond donors (Lipinski definition) is 2. The van der Waals surface area contributed by atoms with Crippen molar-refractivity contribution in [1.82, 2.24) is 10.3 Å². The molecule has 0 saturated heterocycles. The summed E-state index contributed by atoms with van der Waals surface area (Å²) in [5.74, 6) is 0.700. The SMILES string of the molecule is COc1ccc2c(C)c(C(=O)OCc3ccccc3)c(N[C@H]3CCC[C@H](OC(=O)NCc4ccccc4)C3)nc2c1. The largest absolute Gasteiger partial charge is 0.497 e. The number of nitrogens with one attached hydrogen (secondary N) is 2. The van der Waals surface area contributed by atoms with E-state index in [0.717, 1.165) is 41.3 Å². The Morgan fingerprint density at radius 3 is 2.41 bits per heavy atom. The molecule has 0 aliphatic heterocycles. The first-order valence-electron chi connectivity index (χ1n) is 13.9. The van der Waals surface area contributed by atoms with Crippen molar-refractivity contribution in [3.05, 3.63) is 101 Å². The monoisotopic (exact) mass is 553 g/mol. The molecular formula is C33H35N3O5. The van der Waals surface area contributed by atoms with Gasteiger partial charge in [-0.15, -0.1) is 0 Å². The van der Waals surface area contributed by atoms with E-state index in [1.54, 1.807) is 7.11 Å². The van der Waals surface area contributed by atoms with Gasteiger partial charge in [-0.1, -0.05) is 60.7 Å². The zero-order valence-corrected chi connectivity index (χ0v) is 23.4. The number of anilines is 1. The van der Waals surface area contributed by atoms with E-state index in [9.17, 15) is 9.59 Å². The van der Waals surface area contributed by atoms with Crippen molar-refractivity contribution in [2.24, 2.45) is 0 Å². The number of alkyl carbamates (subject to hydrolysis) is 1. The highest BCUT2D eigenvalue weighted by Crippen LogP contribution is 2.32. The molecule has 5 rings (SSSR count). The van der Waals surface area contributed by atoms with Gasteiger partial charge in [-0.25, -0.2) is 14.6 Å². The molecule has 1 fully saturated rings. The quantitative estimate of drug-likeness (QED) is 0.227. The number of rotatable bonds is 9. The zero-order valence-electron chi connectivity index (χ0n) is 23.4. The van der Waals surface area contributed by atoms with Crippen molar-refractivity contribution in [3.63, 3.8) is 0 Å². The minimum absolute atomic E-state index is 0.0358. The predicted molar refractivity (Wildman–Crippen MR) is 158 cm³/mol. The number of ether oxygens (including phenoxy) is 3. The third-order valence-corrected chi connectivity index (χ3v) is 7.39. The number of carbonyl (C=O) groups excluding carboxylic acids is 2. The first-order chi connectivity index (χ1) is 20.0. The van der Waals surface area contributed by atoms with E-state index in [1.165, 1.54) is 0 Å². The highest BCUT2D eigenvalue weighted by molar-refractivity contribution is 6.02. The van der Waals surface area contributed by atoms with Crippen LogP contribution in [0, 0.1) is 6.92 Å². The molecule has 0 unspecified atom stereocenters. The van der Waals surface area contributed by atoms with E-state index < -0.39 is 12.1 Å². The van der Waals surface area contributed by atoms with Crippen LogP contribution in [-0.4, -0.2) is 36.3 Å². The third kappa shape index (κ3) is 7.14. The summed E-state index contributed by atoms with van der Waals surface area (Å²) in [6, 6.07) is 24.9. The van der Waals surface area contributed by atoms with E-state index in [4.69, 9.17) is 19.2 Å². The summed E-state index contributed by atoms with van der Waals surface area (Å²) in [4.78, 5) is 30.8. The average molecular weight is 554 g/mol. The van der Waals surface area contributed by atoms with Crippen LogP contribution in [0.15, 0.2) is 78.9 Å². The van der Waals surface area contributed by atoms with Crippen LogP contribution in [-0.2, 0) is 22.6 Å². The molecule has 2 atom stereocenters. The first-order valence-corrected chi connectivity index (χ1v) is 13.9. The average Bonchev–Trinajstić information content (AvgIpc) is 3.00. The number of amides is 1. The minimum Gasteiger partial charge on any atom is -0.497 e. The van der Waals surface area contributed by atoms with Gasteiger partial charge in [0.25, 0.3) is 0 Å². The van der Waals surface area contributed by atoms with Crippen LogP contribution in [0.2, 0.25) is 0 Å². The Balaban J connectivity index is 1.32. The number of hydrogen-bond acceptors (Lipinski definition) is 7. The molecule has 1 amide bonds. The maximum absolute atomic E-state index is 13.5. The summed E-state index contributed by atoms with van der Waals surface area (Å²) in [6.07, 6.45) is 2.45. The van der Waals surface area contributed by atoms with Crippen molar-refractivity contribution in [3.8, 4) is 5.75 Å². The van der Waals surface area contributed by atoms with Gasteiger partial charge >= 0.3 is 12.1 Å². The van der Waals surface area contributed by atoms with E-state index in [2.05, 4.69) is 10.6 Å². The number of pyridine rings is 1. The van der Waals surface area contributed by atoms with Crippen LogP contribution >= 0.6 is 0 Å². The van der Waals surface area contributed by atoms with Crippen molar-refractivity contribution in [2.45, 2.75) is 57.9 Å². The molecule has 0 radical (unpaired) electrons. The van der Waals surface area contributed by atoms with Crippen molar-refractivity contribution in [2.75, 3.05) is 12.4 Å². The minimum atomic E-state index is -0.442. The molecule has 1 aliphatic rings. The summed E-state index contributed by atoms with van der Waals surface area (Å²) in [6.45, 7) is 2.48. The Hall–Kier alpha value is -4.59. The molecule has 8 heteroatoms. The smallest absolute Gasteiger partial charge is 0.407 e. The highest BCUT2D eigenvalue weighted by Gasteiger charge is 2.28. The van der Waals surface area contributed by atoms with Crippen LogP contribution in [0.5, 0.6) is 5.75 Å². The summed E-state index contributed by atoms with van der Waals surface area (Å²) in [5, 5.41) is 7.18. The standard InChI is InChI=1S/C33H35N3O5/c1-22-28-17-16-26(39-2)19-29(28)36-31(30(22)32(37)40-21-24-12-7-4-8-13-24)35-25-14-9-15-27(18-25)41-33(38)34-20-23-10-5-3-6-11-23/h3-8,10-13,16-17,19,25,27H,9,14-15,18,20-21H2,1-2H3,(H,34,38)(H,35,36)/t25-,27-/m0/s1. The molecule has 3 aromatic carbocycles. The third-order valence-electron chi connectivity index (χ3n) is 7.39. The van der Waals surface area contributed by atoms with E-state index in [0.29, 0.717) is 35.6 Å². The molecule has 4 aromatic rings. The maximum Gasteiger partial charge on any atom is 0.407 e. The summed E-state index contributed by atoms with van der Waals surface area (Å²) < 4.78 is 16.9. The zero-order chi connectivity index (χ0) is 28.6. The topological polar surface area (TPSA) is 98.8 Å². The molecule has 2 N–H and O–H groups in total. The second kappa shape index (κ2) is 13.2. The molecule has 212 valence electrons. The Morgan fingerprint density at radius 1 is 0.951 bits per heavy atom. The lowest BCUT2D eigenvalue weighted by Crippen LogP contribution is -2.36. The van der Waals surface area contributed by atoms with E-state index in [1.807, 2.05) is 85.8 Å². The van der Waals surface area contributed by atoms with E-state index in [-0.39, 0.29) is 18.8 Å². The molecule has 1 aliphatic carbocycles.